The first-order chi connectivity index (χ1) is 13.4. The van der Waals surface area contributed by atoms with Gasteiger partial charge >= 0.3 is 5.97 Å². The van der Waals surface area contributed by atoms with E-state index in [1.165, 1.54) is 30.6 Å². The average Bonchev–Trinajstić information content (AvgIpc) is 3.08. The van der Waals surface area contributed by atoms with Crippen LogP contribution in [0.5, 0.6) is 0 Å². The molecule has 0 radical (unpaired) electrons. The van der Waals surface area contributed by atoms with Crippen molar-refractivity contribution in [1.29, 1.82) is 0 Å². The van der Waals surface area contributed by atoms with Crippen molar-refractivity contribution in [2.45, 2.75) is 38.3 Å². The van der Waals surface area contributed by atoms with Crippen molar-refractivity contribution >= 4 is 23.2 Å². The molecule has 1 amide bonds. The number of likely N-dealkylation sites (tertiary alicyclic amines) is 1. The maximum Gasteiger partial charge on any atom is 0.328 e. The molecule has 2 aromatic rings. The fourth-order valence-corrected chi connectivity index (χ4v) is 4.44. The van der Waals surface area contributed by atoms with Crippen LogP contribution in [0.25, 0.3) is 0 Å². The molecule has 150 valence electrons. The van der Waals surface area contributed by atoms with Crippen molar-refractivity contribution in [2.75, 3.05) is 20.8 Å². The van der Waals surface area contributed by atoms with Gasteiger partial charge < -0.3 is 14.4 Å². The lowest BCUT2D eigenvalue weighted by Gasteiger charge is -2.37. The van der Waals surface area contributed by atoms with Crippen molar-refractivity contribution < 1.29 is 23.5 Å². The standard InChI is InChI=1S/C20H23FN2O4S/c1-12-18(28-17(22-12)10-13-4-6-14(21)7-5-13)19(24)23-9-8-15(26-2)11-16(23)20(25)27-3/h4-7,15-16H,8-11H2,1-3H3/t15-,16+/m0/s1. The van der Waals surface area contributed by atoms with E-state index in [4.69, 9.17) is 9.47 Å². The van der Waals surface area contributed by atoms with Gasteiger partial charge in [-0.05, 0) is 31.0 Å². The van der Waals surface area contributed by atoms with Gasteiger partial charge in [-0.2, -0.15) is 0 Å². The van der Waals surface area contributed by atoms with E-state index < -0.39 is 12.0 Å². The van der Waals surface area contributed by atoms with Crippen molar-refractivity contribution in [3.8, 4) is 0 Å². The molecule has 1 fully saturated rings. The monoisotopic (exact) mass is 406 g/mol. The van der Waals surface area contributed by atoms with Gasteiger partial charge in [-0.1, -0.05) is 12.1 Å². The molecular formula is C20H23FN2O4S. The molecule has 1 aromatic carbocycles. The van der Waals surface area contributed by atoms with Crippen LogP contribution in [0.1, 0.15) is 38.8 Å². The van der Waals surface area contributed by atoms with Crippen LogP contribution in [-0.2, 0) is 20.7 Å². The third-order valence-electron chi connectivity index (χ3n) is 4.93. The van der Waals surface area contributed by atoms with E-state index in [0.717, 1.165) is 10.6 Å². The molecule has 0 spiro atoms. The Kier molecular flexibility index (Phi) is 6.41. The highest BCUT2D eigenvalue weighted by Gasteiger charge is 2.38. The van der Waals surface area contributed by atoms with Crippen LogP contribution >= 0.6 is 11.3 Å². The van der Waals surface area contributed by atoms with E-state index in [-0.39, 0.29) is 17.8 Å². The van der Waals surface area contributed by atoms with Crippen molar-refractivity contribution in [3.63, 3.8) is 0 Å². The lowest BCUT2D eigenvalue weighted by Crippen LogP contribution is -2.52. The Bertz CT molecular complexity index is 852. The third-order valence-corrected chi connectivity index (χ3v) is 6.07. The Morgan fingerprint density at radius 1 is 1.29 bits per heavy atom. The van der Waals surface area contributed by atoms with Gasteiger partial charge in [0.2, 0.25) is 0 Å². The predicted octanol–water partition coefficient (Wildman–Crippen LogP) is 2.97. The number of rotatable bonds is 5. The summed E-state index contributed by atoms with van der Waals surface area (Å²) in [7, 11) is 2.92. The Labute approximate surface area is 167 Å². The number of carbonyl (C=O) groups is 2. The topological polar surface area (TPSA) is 68.7 Å². The molecule has 2 atom stereocenters. The van der Waals surface area contributed by atoms with Crippen molar-refractivity contribution in [2.24, 2.45) is 0 Å². The molecule has 1 saturated heterocycles. The molecule has 0 unspecified atom stereocenters. The highest BCUT2D eigenvalue weighted by Crippen LogP contribution is 2.27. The summed E-state index contributed by atoms with van der Waals surface area (Å²) in [4.78, 5) is 32.0. The van der Waals surface area contributed by atoms with Crippen LogP contribution < -0.4 is 0 Å². The number of piperidine rings is 1. The van der Waals surface area contributed by atoms with Crippen LogP contribution in [0.15, 0.2) is 24.3 Å². The minimum absolute atomic E-state index is 0.0789. The third kappa shape index (κ3) is 4.39. The molecule has 1 aliphatic rings. The first kappa shape index (κ1) is 20.4. The SMILES string of the molecule is COC(=O)[C@H]1C[C@@H](OC)CCN1C(=O)c1sc(Cc2ccc(F)cc2)nc1C. The number of methoxy groups -OCH3 is 2. The zero-order valence-corrected chi connectivity index (χ0v) is 16.9. The molecule has 1 aromatic heterocycles. The average molecular weight is 406 g/mol. The number of ether oxygens (including phenoxy) is 2. The van der Waals surface area contributed by atoms with Gasteiger partial charge in [0.15, 0.2) is 0 Å². The first-order valence-corrected chi connectivity index (χ1v) is 9.87. The number of amides is 1. The zero-order valence-electron chi connectivity index (χ0n) is 16.1. The number of halogens is 1. The quantitative estimate of drug-likeness (QED) is 0.714. The van der Waals surface area contributed by atoms with E-state index in [9.17, 15) is 14.0 Å². The van der Waals surface area contributed by atoms with Gasteiger partial charge in [0, 0.05) is 26.5 Å². The number of hydrogen-bond acceptors (Lipinski definition) is 6. The summed E-state index contributed by atoms with van der Waals surface area (Å²) >= 11 is 1.31. The molecule has 8 heteroatoms. The molecule has 28 heavy (non-hydrogen) atoms. The van der Waals surface area contributed by atoms with Crippen LogP contribution in [0.4, 0.5) is 4.39 Å². The number of benzene rings is 1. The van der Waals surface area contributed by atoms with Gasteiger partial charge in [0.25, 0.3) is 5.91 Å². The van der Waals surface area contributed by atoms with E-state index >= 15 is 0 Å². The second-order valence-electron chi connectivity index (χ2n) is 6.74. The minimum Gasteiger partial charge on any atom is -0.467 e. The summed E-state index contributed by atoms with van der Waals surface area (Å²) in [5, 5.41) is 0.772. The van der Waals surface area contributed by atoms with Crippen LogP contribution in [0.2, 0.25) is 0 Å². The number of esters is 1. The van der Waals surface area contributed by atoms with E-state index in [0.29, 0.717) is 36.4 Å². The first-order valence-electron chi connectivity index (χ1n) is 9.05. The molecule has 0 saturated carbocycles. The molecule has 3 rings (SSSR count). The second kappa shape index (κ2) is 8.79. The fourth-order valence-electron chi connectivity index (χ4n) is 3.38. The smallest absolute Gasteiger partial charge is 0.328 e. The lowest BCUT2D eigenvalue weighted by molar-refractivity contribution is -0.149. The van der Waals surface area contributed by atoms with Gasteiger partial charge in [0.1, 0.15) is 16.7 Å². The summed E-state index contributed by atoms with van der Waals surface area (Å²) in [6.45, 7) is 2.20. The lowest BCUT2D eigenvalue weighted by atomic mass is 9.99. The molecular weight excluding hydrogens is 383 g/mol. The van der Waals surface area contributed by atoms with Gasteiger partial charge in [-0.3, -0.25) is 4.79 Å². The van der Waals surface area contributed by atoms with Gasteiger partial charge in [0.05, 0.1) is 23.9 Å². The Hall–Kier alpha value is -2.32. The van der Waals surface area contributed by atoms with E-state index in [2.05, 4.69) is 4.98 Å². The largest absolute Gasteiger partial charge is 0.467 e. The van der Waals surface area contributed by atoms with Gasteiger partial charge in [-0.15, -0.1) is 11.3 Å². The highest BCUT2D eigenvalue weighted by molar-refractivity contribution is 7.13. The van der Waals surface area contributed by atoms with Crippen molar-refractivity contribution in [1.82, 2.24) is 9.88 Å². The van der Waals surface area contributed by atoms with Crippen molar-refractivity contribution in [3.05, 3.63) is 51.2 Å². The van der Waals surface area contributed by atoms with Crippen LogP contribution in [-0.4, -0.2) is 54.7 Å². The molecule has 0 aliphatic carbocycles. The summed E-state index contributed by atoms with van der Waals surface area (Å²) < 4.78 is 23.3. The van der Waals surface area contributed by atoms with Crippen LogP contribution in [0.3, 0.4) is 0 Å². The fraction of sp³-hybridized carbons (Fsp3) is 0.450. The summed E-state index contributed by atoms with van der Waals surface area (Å²) in [6, 6.07) is 5.55. The number of carbonyl (C=O) groups excluding carboxylic acids is 2. The normalized spacial score (nSPS) is 19.5. The number of thiazole rings is 1. The van der Waals surface area contributed by atoms with Crippen LogP contribution in [0, 0.1) is 12.7 Å². The molecule has 1 aliphatic heterocycles. The van der Waals surface area contributed by atoms with E-state index in [1.54, 1.807) is 31.1 Å². The number of aromatic nitrogens is 1. The van der Waals surface area contributed by atoms with E-state index in [1.807, 2.05) is 0 Å². The molecule has 0 N–H and O–H groups in total. The summed E-state index contributed by atoms with van der Waals surface area (Å²) in [5.41, 5.74) is 1.55. The predicted molar refractivity (Wildman–Crippen MR) is 103 cm³/mol. The molecule has 2 heterocycles. The summed E-state index contributed by atoms with van der Waals surface area (Å²) in [6.07, 6.45) is 1.51. The molecule has 0 bridgehead atoms. The maximum absolute atomic E-state index is 13.2. The minimum atomic E-state index is -0.668. The number of hydrogen-bond donors (Lipinski definition) is 0. The Balaban J connectivity index is 1.80. The summed E-state index contributed by atoms with van der Waals surface area (Å²) in [5.74, 6) is -0.947. The molecule has 6 nitrogen and oxygen atoms in total. The Morgan fingerprint density at radius 2 is 2.00 bits per heavy atom. The Morgan fingerprint density at radius 3 is 2.64 bits per heavy atom. The number of nitrogens with zero attached hydrogens (tertiary/aromatic N) is 2. The second-order valence-corrected chi connectivity index (χ2v) is 7.83. The maximum atomic E-state index is 13.2. The number of aryl methyl sites for hydroxylation is 1. The zero-order chi connectivity index (χ0) is 20.3. The van der Waals surface area contributed by atoms with Gasteiger partial charge in [-0.25, -0.2) is 14.2 Å². The highest BCUT2D eigenvalue weighted by atomic mass is 32.1.